The molecule has 120 valence electrons. The predicted octanol–water partition coefficient (Wildman–Crippen LogP) is 3.07. The number of carbonyl (C=O) groups excluding carboxylic acids is 2. The van der Waals surface area contributed by atoms with E-state index in [1.807, 2.05) is 32.0 Å². The number of benzene rings is 2. The molecule has 0 saturated carbocycles. The fraction of sp³-hybridized carbons (Fsp3) is 0.222. The molecule has 23 heavy (non-hydrogen) atoms. The Labute approximate surface area is 135 Å². The molecule has 0 aliphatic carbocycles. The van der Waals surface area contributed by atoms with E-state index in [2.05, 4.69) is 5.32 Å². The summed E-state index contributed by atoms with van der Waals surface area (Å²) in [5.41, 5.74) is 9.25. The van der Waals surface area contributed by atoms with Crippen LogP contribution in [0.25, 0.3) is 0 Å². The van der Waals surface area contributed by atoms with Crippen LogP contribution in [0.5, 0.6) is 0 Å². The third-order valence-corrected chi connectivity index (χ3v) is 3.44. The molecule has 0 aliphatic heterocycles. The number of ether oxygens (including phenoxy) is 1. The molecule has 0 aliphatic rings. The molecule has 0 bridgehead atoms. The summed E-state index contributed by atoms with van der Waals surface area (Å²) in [6.45, 7) is 5.43. The van der Waals surface area contributed by atoms with Gasteiger partial charge in [-0.25, -0.2) is 4.79 Å². The van der Waals surface area contributed by atoms with E-state index in [4.69, 9.17) is 10.5 Å². The summed E-state index contributed by atoms with van der Waals surface area (Å²) in [6, 6.07) is 12.1. The zero-order valence-electron chi connectivity index (χ0n) is 13.4. The zero-order valence-corrected chi connectivity index (χ0v) is 13.4. The summed E-state index contributed by atoms with van der Waals surface area (Å²) in [5.74, 6) is -0.936. The van der Waals surface area contributed by atoms with Gasteiger partial charge in [-0.05, 0) is 56.7 Å². The maximum atomic E-state index is 12.2. The molecule has 1 unspecified atom stereocenters. The molecule has 0 radical (unpaired) electrons. The number of hydrogen-bond acceptors (Lipinski definition) is 4. The van der Waals surface area contributed by atoms with Gasteiger partial charge >= 0.3 is 5.97 Å². The number of aryl methyl sites for hydroxylation is 2. The molecule has 5 nitrogen and oxygen atoms in total. The van der Waals surface area contributed by atoms with Crippen LogP contribution in [0, 0.1) is 13.8 Å². The summed E-state index contributed by atoms with van der Waals surface area (Å²) in [4.78, 5) is 24.2. The lowest BCUT2D eigenvalue weighted by Crippen LogP contribution is -2.30. The highest BCUT2D eigenvalue weighted by atomic mass is 16.5. The van der Waals surface area contributed by atoms with Gasteiger partial charge in [-0.1, -0.05) is 17.7 Å². The number of amides is 1. The first-order chi connectivity index (χ1) is 10.9. The quantitative estimate of drug-likeness (QED) is 0.671. The van der Waals surface area contributed by atoms with Gasteiger partial charge in [-0.2, -0.15) is 0 Å². The predicted molar refractivity (Wildman–Crippen MR) is 90.3 cm³/mol. The second-order valence-electron chi connectivity index (χ2n) is 5.48. The van der Waals surface area contributed by atoms with Crippen LogP contribution < -0.4 is 11.1 Å². The first-order valence-corrected chi connectivity index (χ1v) is 7.31. The Morgan fingerprint density at radius 3 is 2.35 bits per heavy atom. The summed E-state index contributed by atoms with van der Waals surface area (Å²) < 4.78 is 5.18. The van der Waals surface area contributed by atoms with Crippen LogP contribution >= 0.6 is 0 Å². The Morgan fingerprint density at radius 1 is 1.09 bits per heavy atom. The van der Waals surface area contributed by atoms with Gasteiger partial charge in [0.2, 0.25) is 0 Å². The van der Waals surface area contributed by atoms with Crippen LogP contribution in [0.4, 0.5) is 11.4 Å². The van der Waals surface area contributed by atoms with Crippen LogP contribution in [0.2, 0.25) is 0 Å². The van der Waals surface area contributed by atoms with Gasteiger partial charge in [-0.3, -0.25) is 4.79 Å². The third-order valence-electron chi connectivity index (χ3n) is 3.44. The van der Waals surface area contributed by atoms with E-state index in [0.29, 0.717) is 16.9 Å². The van der Waals surface area contributed by atoms with Crippen LogP contribution in [-0.4, -0.2) is 18.0 Å². The Balaban J connectivity index is 1.99. The molecule has 2 aromatic carbocycles. The Bertz CT molecular complexity index is 724. The standard InChI is InChI=1S/C18H20N2O3/c1-11-4-9-16(12(2)10-11)20-17(21)13(3)23-18(22)14-5-7-15(19)8-6-14/h4-10,13H,19H2,1-3H3,(H,20,21). The lowest BCUT2D eigenvalue weighted by Gasteiger charge is -2.15. The molecule has 1 atom stereocenters. The van der Waals surface area contributed by atoms with Crippen molar-refractivity contribution in [2.75, 3.05) is 11.1 Å². The first-order valence-electron chi connectivity index (χ1n) is 7.31. The molecular weight excluding hydrogens is 292 g/mol. The largest absolute Gasteiger partial charge is 0.449 e. The van der Waals surface area contributed by atoms with Gasteiger partial charge in [0.15, 0.2) is 6.10 Å². The molecule has 0 aromatic heterocycles. The van der Waals surface area contributed by atoms with E-state index >= 15 is 0 Å². The number of hydrogen-bond donors (Lipinski definition) is 2. The van der Waals surface area contributed by atoms with Crippen molar-refractivity contribution >= 4 is 23.3 Å². The van der Waals surface area contributed by atoms with Crippen molar-refractivity contribution in [1.29, 1.82) is 0 Å². The van der Waals surface area contributed by atoms with Crippen LogP contribution in [0.15, 0.2) is 42.5 Å². The highest BCUT2D eigenvalue weighted by Crippen LogP contribution is 2.17. The maximum Gasteiger partial charge on any atom is 0.338 e. The van der Waals surface area contributed by atoms with E-state index in [9.17, 15) is 9.59 Å². The van der Waals surface area contributed by atoms with Gasteiger partial charge in [0.05, 0.1) is 5.56 Å². The Morgan fingerprint density at radius 2 is 1.74 bits per heavy atom. The molecule has 2 rings (SSSR count). The number of nitrogens with two attached hydrogens (primary N) is 1. The van der Waals surface area contributed by atoms with Gasteiger partial charge in [0.1, 0.15) is 0 Å². The monoisotopic (exact) mass is 312 g/mol. The smallest absolute Gasteiger partial charge is 0.338 e. The second kappa shape index (κ2) is 6.96. The zero-order chi connectivity index (χ0) is 17.0. The minimum Gasteiger partial charge on any atom is -0.449 e. The minimum absolute atomic E-state index is 0.352. The first kappa shape index (κ1) is 16.5. The molecule has 0 spiro atoms. The number of esters is 1. The van der Waals surface area contributed by atoms with Crippen LogP contribution in [0.3, 0.4) is 0 Å². The van der Waals surface area contributed by atoms with Crippen LogP contribution in [-0.2, 0) is 9.53 Å². The number of anilines is 2. The molecule has 2 aromatic rings. The average Bonchev–Trinajstić information content (AvgIpc) is 2.50. The summed E-state index contributed by atoms with van der Waals surface area (Å²) in [6.07, 6.45) is -0.902. The molecule has 1 amide bonds. The summed E-state index contributed by atoms with van der Waals surface area (Å²) >= 11 is 0. The van der Waals surface area contributed by atoms with Gasteiger partial charge in [-0.15, -0.1) is 0 Å². The molecule has 5 heteroatoms. The molecule has 0 heterocycles. The lowest BCUT2D eigenvalue weighted by molar-refractivity contribution is -0.123. The lowest BCUT2D eigenvalue weighted by atomic mass is 10.1. The normalized spacial score (nSPS) is 11.6. The summed E-state index contributed by atoms with van der Waals surface area (Å²) in [5, 5.41) is 2.77. The topological polar surface area (TPSA) is 81.4 Å². The molecule has 0 saturated heterocycles. The fourth-order valence-electron chi connectivity index (χ4n) is 2.09. The maximum absolute atomic E-state index is 12.2. The molecule has 0 fully saturated rings. The second-order valence-corrected chi connectivity index (χ2v) is 5.48. The number of rotatable bonds is 4. The van der Waals surface area contributed by atoms with Crippen molar-refractivity contribution in [3.63, 3.8) is 0 Å². The van der Waals surface area contributed by atoms with Crippen molar-refractivity contribution in [2.24, 2.45) is 0 Å². The Kier molecular flexibility index (Phi) is 5.01. The van der Waals surface area contributed by atoms with Crippen molar-refractivity contribution < 1.29 is 14.3 Å². The highest BCUT2D eigenvalue weighted by Gasteiger charge is 2.19. The number of nitrogen functional groups attached to an aromatic ring is 1. The number of nitrogens with one attached hydrogen (secondary N) is 1. The fourth-order valence-corrected chi connectivity index (χ4v) is 2.09. The van der Waals surface area contributed by atoms with Crippen molar-refractivity contribution in [3.8, 4) is 0 Å². The molecular formula is C18H20N2O3. The highest BCUT2D eigenvalue weighted by molar-refractivity contribution is 5.97. The third kappa shape index (κ3) is 4.32. The average molecular weight is 312 g/mol. The van der Waals surface area contributed by atoms with Gasteiger partial charge in [0.25, 0.3) is 5.91 Å². The SMILES string of the molecule is Cc1ccc(NC(=O)C(C)OC(=O)c2ccc(N)cc2)c(C)c1. The Hall–Kier alpha value is -2.82. The van der Waals surface area contributed by atoms with E-state index < -0.39 is 12.1 Å². The summed E-state index contributed by atoms with van der Waals surface area (Å²) in [7, 11) is 0. The number of carbonyl (C=O) groups is 2. The minimum atomic E-state index is -0.902. The van der Waals surface area contributed by atoms with Gasteiger partial charge in [0, 0.05) is 11.4 Å². The van der Waals surface area contributed by atoms with Crippen molar-refractivity contribution in [2.45, 2.75) is 26.9 Å². The van der Waals surface area contributed by atoms with Crippen molar-refractivity contribution in [1.82, 2.24) is 0 Å². The molecule has 3 N–H and O–H groups in total. The van der Waals surface area contributed by atoms with E-state index in [0.717, 1.165) is 11.1 Å². The van der Waals surface area contributed by atoms with E-state index in [1.54, 1.807) is 24.3 Å². The van der Waals surface area contributed by atoms with Gasteiger partial charge < -0.3 is 15.8 Å². The van der Waals surface area contributed by atoms with Crippen LogP contribution in [0.1, 0.15) is 28.4 Å². The van der Waals surface area contributed by atoms with E-state index in [-0.39, 0.29) is 5.91 Å². The van der Waals surface area contributed by atoms with E-state index in [1.165, 1.54) is 6.92 Å². The van der Waals surface area contributed by atoms with Crippen molar-refractivity contribution in [3.05, 3.63) is 59.2 Å².